The first-order valence-corrected chi connectivity index (χ1v) is 6.44. The molecule has 16 heavy (non-hydrogen) atoms. The molecule has 1 aliphatic heterocycles. The van der Waals surface area contributed by atoms with Gasteiger partial charge in [-0.1, -0.05) is 0 Å². The summed E-state index contributed by atoms with van der Waals surface area (Å²) in [6.45, 7) is 8.35. The van der Waals surface area contributed by atoms with Gasteiger partial charge < -0.3 is 4.74 Å². The average molecular weight is 227 g/mol. The Morgan fingerprint density at radius 3 is 2.88 bits per heavy atom. The number of Topliss-reactive ketones (excluding diaryl/α,β-unsaturated/α-hetero) is 1. The van der Waals surface area contributed by atoms with E-state index >= 15 is 0 Å². The minimum absolute atomic E-state index is 0.115. The molecule has 1 atom stereocenters. The van der Waals surface area contributed by atoms with Crippen molar-refractivity contribution in [2.45, 2.75) is 58.5 Å². The number of rotatable bonds is 7. The van der Waals surface area contributed by atoms with Crippen LogP contribution in [0, 0.1) is 0 Å². The summed E-state index contributed by atoms with van der Waals surface area (Å²) in [7, 11) is 0. The standard InChI is InChI=1S/C13H25NO2/c1-11(2)14-8-4-6-13(14)7-5-9-16-10-12(3)15/h11,13H,4-10H2,1-3H3/t13-/m0/s1. The number of likely N-dealkylation sites (tertiary alicyclic amines) is 1. The molecule has 1 rings (SSSR count). The zero-order chi connectivity index (χ0) is 12.0. The van der Waals surface area contributed by atoms with Crippen LogP contribution >= 0.6 is 0 Å². The van der Waals surface area contributed by atoms with Gasteiger partial charge in [-0.25, -0.2) is 0 Å². The minimum atomic E-state index is 0.115. The summed E-state index contributed by atoms with van der Waals surface area (Å²) >= 11 is 0. The van der Waals surface area contributed by atoms with E-state index < -0.39 is 0 Å². The predicted octanol–water partition coefficient (Wildman–Crippen LogP) is 2.25. The van der Waals surface area contributed by atoms with Crippen molar-refractivity contribution in [3.05, 3.63) is 0 Å². The van der Waals surface area contributed by atoms with Crippen LogP contribution in [0.5, 0.6) is 0 Å². The van der Waals surface area contributed by atoms with Gasteiger partial charge in [-0.2, -0.15) is 0 Å². The fourth-order valence-electron chi connectivity index (χ4n) is 2.48. The lowest BCUT2D eigenvalue weighted by Gasteiger charge is -2.28. The zero-order valence-corrected chi connectivity index (χ0v) is 10.9. The normalized spacial score (nSPS) is 21.9. The van der Waals surface area contributed by atoms with Gasteiger partial charge in [0, 0.05) is 18.7 Å². The molecular weight excluding hydrogens is 202 g/mol. The number of carbonyl (C=O) groups excluding carboxylic acids is 1. The highest BCUT2D eigenvalue weighted by Crippen LogP contribution is 2.23. The van der Waals surface area contributed by atoms with Crippen LogP contribution in [0.25, 0.3) is 0 Å². The molecule has 3 heteroatoms. The quantitative estimate of drug-likeness (QED) is 0.625. The van der Waals surface area contributed by atoms with E-state index in [1.807, 2.05) is 0 Å². The molecule has 0 aliphatic carbocycles. The third-order valence-electron chi connectivity index (χ3n) is 3.22. The van der Waals surface area contributed by atoms with Gasteiger partial charge >= 0.3 is 0 Å². The van der Waals surface area contributed by atoms with Crippen LogP contribution in [0.1, 0.15) is 46.5 Å². The number of hydrogen-bond acceptors (Lipinski definition) is 3. The zero-order valence-electron chi connectivity index (χ0n) is 10.9. The van der Waals surface area contributed by atoms with Crippen molar-refractivity contribution in [3.63, 3.8) is 0 Å². The molecule has 0 bridgehead atoms. The van der Waals surface area contributed by atoms with Crippen molar-refractivity contribution in [1.82, 2.24) is 4.90 Å². The maximum absolute atomic E-state index is 10.7. The van der Waals surface area contributed by atoms with Crippen LogP contribution in [0.4, 0.5) is 0 Å². The van der Waals surface area contributed by atoms with E-state index in [9.17, 15) is 4.79 Å². The van der Waals surface area contributed by atoms with Crippen molar-refractivity contribution >= 4 is 5.78 Å². The molecule has 0 unspecified atom stereocenters. The number of carbonyl (C=O) groups is 1. The molecule has 0 spiro atoms. The van der Waals surface area contributed by atoms with Crippen LogP contribution in [0.3, 0.4) is 0 Å². The second-order valence-corrected chi connectivity index (χ2v) is 5.02. The van der Waals surface area contributed by atoms with Crippen molar-refractivity contribution in [1.29, 1.82) is 0 Å². The molecule has 1 aliphatic rings. The monoisotopic (exact) mass is 227 g/mol. The summed E-state index contributed by atoms with van der Waals surface area (Å²) in [5.41, 5.74) is 0. The Hall–Kier alpha value is -0.410. The van der Waals surface area contributed by atoms with Gasteiger partial charge in [0.25, 0.3) is 0 Å². The average Bonchev–Trinajstić information content (AvgIpc) is 2.65. The topological polar surface area (TPSA) is 29.5 Å². The van der Waals surface area contributed by atoms with Crippen molar-refractivity contribution in [2.75, 3.05) is 19.8 Å². The van der Waals surface area contributed by atoms with E-state index in [-0.39, 0.29) is 12.4 Å². The molecule has 0 N–H and O–H groups in total. The van der Waals surface area contributed by atoms with Crippen LogP contribution < -0.4 is 0 Å². The van der Waals surface area contributed by atoms with E-state index in [0.717, 1.165) is 19.1 Å². The lowest BCUT2D eigenvalue weighted by Crippen LogP contribution is -2.35. The van der Waals surface area contributed by atoms with E-state index in [1.54, 1.807) is 6.92 Å². The second-order valence-electron chi connectivity index (χ2n) is 5.02. The summed E-state index contributed by atoms with van der Waals surface area (Å²) in [5.74, 6) is 0.115. The molecular formula is C13H25NO2. The largest absolute Gasteiger partial charge is 0.374 e. The predicted molar refractivity (Wildman–Crippen MR) is 65.6 cm³/mol. The van der Waals surface area contributed by atoms with Gasteiger partial charge in [-0.3, -0.25) is 9.69 Å². The van der Waals surface area contributed by atoms with Gasteiger partial charge in [-0.05, 0) is 53.0 Å². The molecule has 0 aromatic carbocycles. The van der Waals surface area contributed by atoms with E-state index in [4.69, 9.17) is 4.74 Å². The highest BCUT2D eigenvalue weighted by Gasteiger charge is 2.25. The van der Waals surface area contributed by atoms with Crippen molar-refractivity contribution in [3.8, 4) is 0 Å². The first-order valence-electron chi connectivity index (χ1n) is 6.44. The molecule has 94 valence electrons. The van der Waals surface area contributed by atoms with Gasteiger partial charge in [0.2, 0.25) is 0 Å². The van der Waals surface area contributed by atoms with Gasteiger partial charge in [0.1, 0.15) is 6.61 Å². The molecule has 0 aromatic rings. The molecule has 0 amide bonds. The van der Waals surface area contributed by atoms with Crippen molar-refractivity contribution < 1.29 is 9.53 Å². The molecule has 1 heterocycles. The summed E-state index contributed by atoms with van der Waals surface area (Å²) in [5, 5.41) is 0. The van der Waals surface area contributed by atoms with Crippen LogP contribution in [0.15, 0.2) is 0 Å². The number of ether oxygens (including phenoxy) is 1. The Kier molecular flexibility index (Phi) is 5.99. The van der Waals surface area contributed by atoms with Crippen LogP contribution in [-0.4, -0.2) is 42.5 Å². The maximum atomic E-state index is 10.7. The lowest BCUT2D eigenvalue weighted by molar-refractivity contribution is -0.121. The highest BCUT2D eigenvalue weighted by molar-refractivity contribution is 5.76. The summed E-state index contributed by atoms with van der Waals surface area (Å²) in [6, 6.07) is 1.39. The lowest BCUT2D eigenvalue weighted by atomic mass is 10.1. The Morgan fingerprint density at radius 2 is 2.25 bits per heavy atom. The van der Waals surface area contributed by atoms with Crippen LogP contribution in [-0.2, 0) is 9.53 Å². The van der Waals surface area contributed by atoms with E-state index in [1.165, 1.54) is 25.8 Å². The van der Waals surface area contributed by atoms with Crippen molar-refractivity contribution in [2.24, 2.45) is 0 Å². The third kappa shape index (κ3) is 4.62. The molecule has 0 radical (unpaired) electrons. The molecule has 0 saturated carbocycles. The third-order valence-corrected chi connectivity index (χ3v) is 3.22. The smallest absolute Gasteiger partial charge is 0.155 e. The molecule has 1 saturated heterocycles. The van der Waals surface area contributed by atoms with Gasteiger partial charge in [-0.15, -0.1) is 0 Å². The fourth-order valence-corrected chi connectivity index (χ4v) is 2.48. The summed E-state index contributed by atoms with van der Waals surface area (Å²) in [4.78, 5) is 13.3. The Labute approximate surface area is 99.1 Å². The molecule has 1 fully saturated rings. The Bertz CT molecular complexity index is 216. The van der Waals surface area contributed by atoms with Crippen LogP contribution in [0.2, 0.25) is 0 Å². The maximum Gasteiger partial charge on any atom is 0.155 e. The number of nitrogens with zero attached hydrogens (tertiary/aromatic N) is 1. The van der Waals surface area contributed by atoms with E-state index in [2.05, 4.69) is 18.7 Å². The van der Waals surface area contributed by atoms with Gasteiger partial charge in [0.15, 0.2) is 5.78 Å². The summed E-state index contributed by atoms with van der Waals surface area (Å²) in [6.07, 6.45) is 4.93. The second kappa shape index (κ2) is 7.02. The Morgan fingerprint density at radius 1 is 1.50 bits per heavy atom. The Balaban J connectivity index is 2.10. The van der Waals surface area contributed by atoms with E-state index in [0.29, 0.717) is 6.04 Å². The fraction of sp³-hybridized carbons (Fsp3) is 0.923. The SMILES string of the molecule is CC(=O)COCCC[C@@H]1CCCN1C(C)C. The first-order chi connectivity index (χ1) is 7.61. The highest BCUT2D eigenvalue weighted by atomic mass is 16.5. The minimum Gasteiger partial charge on any atom is -0.374 e. The first kappa shape index (κ1) is 13.7. The molecule has 0 aromatic heterocycles. The summed E-state index contributed by atoms with van der Waals surface area (Å²) < 4.78 is 5.28. The molecule has 3 nitrogen and oxygen atoms in total. The van der Waals surface area contributed by atoms with Gasteiger partial charge in [0.05, 0.1) is 0 Å². The number of hydrogen-bond donors (Lipinski definition) is 0. The number of ketones is 1.